The predicted molar refractivity (Wildman–Crippen MR) is 84.2 cm³/mol. The molecule has 0 spiro atoms. The van der Waals surface area contributed by atoms with E-state index >= 15 is 0 Å². The first-order valence-electron chi connectivity index (χ1n) is 6.88. The summed E-state index contributed by atoms with van der Waals surface area (Å²) >= 11 is 1.76. The molecule has 3 N–H and O–H groups in total. The lowest BCUT2D eigenvalue weighted by atomic mass is 9.87. The maximum Gasteiger partial charge on any atom is 0.231 e. The Bertz CT molecular complexity index is 648. The maximum atomic E-state index is 12.5. The van der Waals surface area contributed by atoms with Crippen LogP contribution in [0.5, 0.6) is 0 Å². The molecule has 0 radical (unpaired) electrons. The van der Waals surface area contributed by atoms with Gasteiger partial charge in [-0.3, -0.25) is 4.79 Å². The molecule has 0 fully saturated rings. The molecular formula is C16H18N2OS. The summed E-state index contributed by atoms with van der Waals surface area (Å²) in [6.07, 6.45) is 3.13. The van der Waals surface area contributed by atoms with Crippen LogP contribution in [-0.4, -0.2) is 5.91 Å². The Morgan fingerprint density at radius 1 is 1.40 bits per heavy atom. The third kappa shape index (κ3) is 2.43. The Balaban J connectivity index is 1.81. The molecule has 1 aliphatic carbocycles. The molecular weight excluding hydrogens is 268 g/mol. The average Bonchev–Trinajstić information content (AvgIpc) is 2.90. The lowest BCUT2D eigenvalue weighted by molar-refractivity contribution is -0.117. The molecule has 1 unspecified atom stereocenters. The van der Waals surface area contributed by atoms with Crippen LogP contribution in [-0.2, 0) is 11.2 Å². The molecule has 104 valence electrons. The lowest BCUT2D eigenvalue weighted by Crippen LogP contribution is -2.24. The number of fused-ring (bicyclic) bond motifs is 1. The number of rotatable bonds is 2. The molecule has 0 saturated carbocycles. The van der Waals surface area contributed by atoms with Gasteiger partial charge in [0, 0.05) is 16.3 Å². The second kappa shape index (κ2) is 5.29. The minimum atomic E-state index is -0.0121. The minimum Gasteiger partial charge on any atom is -0.399 e. The van der Waals surface area contributed by atoms with E-state index in [4.69, 9.17) is 5.73 Å². The van der Waals surface area contributed by atoms with E-state index in [1.165, 1.54) is 10.4 Å². The molecule has 1 heterocycles. The third-order valence-corrected chi connectivity index (χ3v) is 4.87. The van der Waals surface area contributed by atoms with Gasteiger partial charge in [0.2, 0.25) is 5.91 Å². The van der Waals surface area contributed by atoms with Gasteiger partial charge >= 0.3 is 0 Å². The molecule has 2 aromatic rings. The van der Waals surface area contributed by atoms with Crippen molar-refractivity contribution in [3.8, 4) is 0 Å². The molecule has 3 rings (SSSR count). The van der Waals surface area contributed by atoms with E-state index in [9.17, 15) is 4.79 Å². The zero-order valence-electron chi connectivity index (χ0n) is 11.5. The fourth-order valence-corrected chi connectivity index (χ4v) is 3.79. The van der Waals surface area contributed by atoms with Crippen LogP contribution in [0.2, 0.25) is 0 Å². The predicted octanol–water partition coefficient (Wildman–Crippen LogP) is 3.70. The standard InChI is InChI=1S/C16H18N2OS/c1-10-9-11(17)5-6-14(10)18-16(19)13-3-2-4-15-12(13)7-8-20-15/h5-9,13H,2-4,17H2,1H3,(H,18,19). The quantitative estimate of drug-likeness (QED) is 0.827. The minimum absolute atomic E-state index is 0.0121. The second-order valence-corrected chi connectivity index (χ2v) is 6.31. The molecule has 0 aliphatic heterocycles. The SMILES string of the molecule is Cc1cc(N)ccc1NC(=O)C1CCCc2sccc21. The summed E-state index contributed by atoms with van der Waals surface area (Å²) in [5.74, 6) is 0.0826. The zero-order chi connectivity index (χ0) is 14.1. The van der Waals surface area contributed by atoms with Gasteiger partial charge in [0.05, 0.1) is 5.92 Å². The molecule has 4 heteroatoms. The Labute approximate surface area is 122 Å². The van der Waals surface area contributed by atoms with Crippen LogP contribution >= 0.6 is 11.3 Å². The normalized spacial score (nSPS) is 17.6. The Morgan fingerprint density at radius 3 is 3.05 bits per heavy atom. The first-order chi connectivity index (χ1) is 9.65. The van der Waals surface area contributed by atoms with Gasteiger partial charge in [-0.1, -0.05) is 0 Å². The number of amides is 1. The van der Waals surface area contributed by atoms with Crippen molar-refractivity contribution in [1.29, 1.82) is 0 Å². The largest absolute Gasteiger partial charge is 0.399 e. The van der Waals surface area contributed by atoms with E-state index in [0.717, 1.165) is 36.2 Å². The fourth-order valence-electron chi connectivity index (χ4n) is 2.81. The van der Waals surface area contributed by atoms with Crippen molar-refractivity contribution in [3.63, 3.8) is 0 Å². The number of hydrogen-bond donors (Lipinski definition) is 2. The molecule has 1 aromatic heterocycles. The number of nitrogens with one attached hydrogen (secondary N) is 1. The van der Waals surface area contributed by atoms with Crippen molar-refractivity contribution in [2.24, 2.45) is 0 Å². The maximum absolute atomic E-state index is 12.5. The van der Waals surface area contributed by atoms with Gasteiger partial charge in [0.15, 0.2) is 0 Å². The molecule has 1 aliphatic rings. The van der Waals surface area contributed by atoms with Gasteiger partial charge in [0.1, 0.15) is 0 Å². The smallest absolute Gasteiger partial charge is 0.231 e. The van der Waals surface area contributed by atoms with E-state index < -0.39 is 0 Å². The first kappa shape index (κ1) is 13.2. The summed E-state index contributed by atoms with van der Waals surface area (Å²) in [6, 6.07) is 7.67. The van der Waals surface area contributed by atoms with Gasteiger partial charge < -0.3 is 11.1 Å². The Kier molecular flexibility index (Phi) is 3.49. The van der Waals surface area contributed by atoms with Crippen LogP contribution in [0.15, 0.2) is 29.6 Å². The van der Waals surface area contributed by atoms with Gasteiger partial charge in [-0.05, 0) is 67.0 Å². The molecule has 1 amide bonds. The van der Waals surface area contributed by atoms with Crippen molar-refractivity contribution in [2.45, 2.75) is 32.1 Å². The summed E-state index contributed by atoms with van der Waals surface area (Å²) < 4.78 is 0. The van der Waals surface area contributed by atoms with Gasteiger partial charge in [-0.25, -0.2) is 0 Å². The van der Waals surface area contributed by atoms with Crippen molar-refractivity contribution >= 4 is 28.6 Å². The summed E-state index contributed by atoms with van der Waals surface area (Å²) in [6.45, 7) is 1.96. The van der Waals surface area contributed by atoms with Crippen molar-refractivity contribution in [2.75, 3.05) is 11.1 Å². The highest BCUT2D eigenvalue weighted by Crippen LogP contribution is 2.35. The van der Waals surface area contributed by atoms with Crippen molar-refractivity contribution < 1.29 is 4.79 Å². The van der Waals surface area contributed by atoms with Gasteiger partial charge in [-0.2, -0.15) is 0 Å². The second-order valence-electron chi connectivity index (χ2n) is 5.31. The van der Waals surface area contributed by atoms with Crippen molar-refractivity contribution in [1.82, 2.24) is 0 Å². The topological polar surface area (TPSA) is 55.1 Å². The summed E-state index contributed by atoms with van der Waals surface area (Å²) in [7, 11) is 0. The van der Waals surface area contributed by atoms with Crippen LogP contribution < -0.4 is 11.1 Å². The summed E-state index contributed by atoms with van der Waals surface area (Å²) in [5.41, 5.74) is 9.53. The number of anilines is 2. The lowest BCUT2D eigenvalue weighted by Gasteiger charge is -2.22. The highest BCUT2D eigenvalue weighted by Gasteiger charge is 2.27. The monoisotopic (exact) mass is 286 g/mol. The molecule has 20 heavy (non-hydrogen) atoms. The number of benzene rings is 1. The summed E-state index contributed by atoms with van der Waals surface area (Å²) in [4.78, 5) is 13.9. The van der Waals surface area contributed by atoms with E-state index in [1.807, 2.05) is 25.1 Å². The van der Waals surface area contributed by atoms with Crippen LogP contribution in [0.25, 0.3) is 0 Å². The molecule has 0 saturated heterocycles. The zero-order valence-corrected chi connectivity index (χ0v) is 12.3. The Hall–Kier alpha value is -1.81. The molecule has 1 aromatic carbocycles. The van der Waals surface area contributed by atoms with Gasteiger partial charge in [0.25, 0.3) is 0 Å². The number of nitrogen functional groups attached to an aromatic ring is 1. The highest BCUT2D eigenvalue weighted by molar-refractivity contribution is 7.10. The fraction of sp³-hybridized carbons (Fsp3) is 0.312. The molecule has 0 bridgehead atoms. The highest BCUT2D eigenvalue weighted by atomic mass is 32.1. The number of carbonyl (C=O) groups is 1. The Morgan fingerprint density at radius 2 is 2.25 bits per heavy atom. The number of hydrogen-bond acceptors (Lipinski definition) is 3. The third-order valence-electron chi connectivity index (χ3n) is 3.88. The summed E-state index contributed by atoms with van der Waals surface area (Å²) in [5, 5.41) is 5.14. The number of aryl methyl sites for hydroxylation is 2. The number of carbonyl (C=O) groups excluding carboxylic acids is 1. The average molecular weight is 286 g/mol. The van der Waals surface area contributed by atoms with Crippen LogP contribution in [0.4, 0.5) is 11.4 Å². The first-order valence-corrected chi connectivity index (χ1v) is 7.76. The van der Waals surface area contributed by atoms with E-state index in [0.29, 0.717) is 0 Å². The van der Waals surface area contributed by atoms with Crippen LogP contribution in [0.1, 0.15) is 34.8 Å². The van der Waals surface area contributed by atoms with Gasteiger partial charge in [-0.15, -0.1) is 11.3 Å². The van der Waals surface area contributed by atoms with E-state index in [-0.39, 0.29) is 11.8 Å². The van der Waals surface area contributed by atoms with Crippen LogP contribution in [0, 0.1) is 6.92 Å². The van der Waals surface area contributed by atoms with E-state index in [2.05, 4.69) is 16.8 Å². The number of nitrogens with two attached hydrogens (primary N) is 1. The van der Waals surface area contributed by atoms with Crippen molar-refractivity contribution in [3.05, 3.63) is 45.6 Å². The molecule has 1 atom stereocenters. The number of thiophene rings is 1. The van der Waals surface area contributed by atoms with Crippen LogP contribution in [0.3, 0.4) is 0 Å². The van der Waals surface area contributed by atoms with E-state index in [1.54, 1.807) is 11.3 Å². The molecule has 3 nitrogen and oxygen atoms in total.